The molecule has 0 spiro atoms. The molecule has 2 N–H and O–H groups in total. The van der Waals surface area contributed by atoms with E-state index in [9.17, 15) is 4.79 Å². The lowest BCUT2D eigenvalue weighted by molar-refractivity contribution is -0.112. The van der Waals surface area contributed by atoms with Crippen LogP contribution in [0.4, 0.5) is 0 Å². The van der Waals surface area contributed by atoms with E-state index < -0.39 is 0 Å². The van der Waals surface area contributed by atoms with Crippen molar-refractivity contribution in [1.82, 2.24) is 0 Å². The second kappa shape index (κ2) is 4.21. The fourth-order valence-corrected chi connectivity index (χ4v) is 2.45. The molecule has 0 atom stereocenters. The molecule has 84 valence electrons. The molecule has 15 heavy (non-hydrogen) atoms. The molecule has 2 heteroatoms. The maximum absolute atomic E-state index is 12.0. The smallest absolute Gasteiger partial charge is 0.184 e. The molecule has 0 unspecified atom stereocenters. The molecule has 0 radical (unpaired) electrons. The Morgan fingerprint density at radius 2 is 2.07 bits per heavy atom. The van der Waals surface area contributed by atoms with E-state index in [1.807, 2.05) is 0 Å². The molecular weight excluding hydrogens is 186 g/mol. The van der Waals surface area contributed by atoms with Gasteiger partial charge in [-0.3, -0.25) is 4.79 Å². The van der Waals surface area contributed by atoms with Crippen LogP contribution in [0, 0.1) is 5.41 Å². The van der Waals surface area contributed by atoms with Gasteiger partial charge in [0.05, 0.1) is 0 Å². The molecule has 0 bridgehead atoms. The normalized spacial score (nSPS) is 21.7. The number of allylic oxidation sites excluding steroid dienone is 4. The van der Waals surface area contributed by atoms with Crippen LogP contribution >= 0.6 is 0 Å². The Kier molecular flexibility index (Phi) is 3.38. The Labute approximate surface area is 92.2 Å². The highest BCUT2D eigenvalue weighted by molar-refractivity contribution is 6.05. The van der Waals surface area contributed by atoms with Crippen LogP contribution in [0.2, 0.25) is 0 Å². The monoisotopic (exact) mass is 207 g/mol. The van der Waals surface area contributed by atoms with Gasteiger partial charge in [-0.05, 0) is 38.5 Å². The Hall–Kier alpha value is -1.05. The summed E-state index contributed by atoms with van der Waals surface area (Å²) in [6.07, 6.45) is 4.86. The molecule has 0 aromatic carbocycles. The van der Waals surface area contributed by atoms with Gasteiger partial charge in [0, 0.05) is 17.3 Å². The molecule has 0 saturated carbocycles. The van der Waals surface area contributed by atoms with Crippen molar-refractivity contribution in [2.75, 3.05) is 0 Å². The summed E-state index contributed by atoms with van der Waals surface area (Å²) in [5.74, 6) is 0.0946. The minimum Gasteiger partial charge on any atom is -0.402 e. The molecular formula is C13H21NO. The van der Waals surface area contributed by atoms with Crippen molar-refractivity contribution in [1.29, 1.82) is 0 Å². The zero-order valence-electron chi connectivity index (χ0n) is 10.2. The van der Waals surface area contributed by atoms with Gasteiger partial charge in [0.2, 0.25) is 0 Å². The van der Waals surface area contributed by atoms with Crippen LogP contribution < -0.4 is 5.73 Å². The van der Waals surface area contributed by atoms with Crippen LogP contribution in [0.5, 0.6) is 0 Å². The van der Waals surface area contributed by atoms with Crippen LogP contribution in [0.25, 0.3) is 0 Å². The van der Waals surface area contributed by atoms with Gasteiger partial charge in [-0.2, -0.15) is 0 Å². The Balaban J connectivity index is 3.09. The Morgan fingerprint density at radius 3 is 2.53 bits per heavy atom. The summed E-state index contributed by atoms with van der Waals surface area (Å²) in [7, 11) is 0. The fraction of sp³-hybridized carbons (Fsp3) is 0.615. The minimum atomic E-state index is 0.00532. The predicted octanol–water partition coefficient (Wildman–Crippen LogP) is 2.94. The highest BCUT2D eigenvalue weighted by Crippen LogP contribution is 2.40. The number of carbonyl (C=O) groups excluding carboxylic acids is 1. The number of hydrogen-bond acceptors (Lipinski definition) is 2. The second-order valence-corrected chi connectivity index (χ2v) is 5.15. The SMILES string of the molecule is CC(N)=CC(=O)C1=C(C)CCCC1(C)C. The van der Waals surface area contributed by atoms with Crippen LogP contribution in [-0.2, 0) is 4.79 Å². The first-order valence-corrected chi connectivity index (χ1v) is 5.53. The molecule has 0 aromatic heterocycles. The average Bonchev–Trinajstić information content (AvgIpc) is 1.99. The predicted molar refractivity (Wildman–Crippen MR) is 63.3 cm³/mol. The van der Waals surface area contributed by atoms with Gasteiger partial charge >= 0.3 is 0 Å². The largest absolute Gasteiger partial charge is 0.402 e. The van der Waals surface area contributed by atoms with E-state index >= 15 is 0 Å². The zero-order valence-corrected chi connectivity index (χ0v) is 10.2. The summed E-state index contributed by atoms with van der Waals surface area (Å²) < 4.78 is 0. The summed E-state index contributed by atoms with van der Waals surface area (Å²) in [6.45, 7) is 8.10. The van der Waals surface area contributed by atoms with E-state index in [0.717, 1.165) is 18.4 Å². The van der Waals surface area contributed by atoms with Crippen LogP contribution in [0.1, 0.15) is 47.0 Å². The van der Waals surface area contributed by atoms with Gasteiger partial charge in [0.1, 0.15) is 0 Å². The number of rotatable bonds is 2. The molecule has 1 rings (SSSR count). The van der Waals surface area contributed by atoms with E-state index in [1.165, 1.54) is 12.0 Å². The molecule has 0 saturated heterocycles. The van der Waals surface area contributed by atoms with Gasteiger partial charge in [0.25, 0.3) is 0 Å². The third-order valence-electron chi connectivity index (χ3n) is 3.06. The summed E-state index contributed by atoms with van der Waals surface area (Å²) >= 11 is 0. The zero-order chi connectivity index (χ0) is 11.6. The molecule has 2 nitrogen and oxygen atoms in total. The van der Waals surface area contributed by atoms with E-state index in [-0.39, 0.29) is 11.2 Å². The molecule has 0 fully saturated rings. The summed E-state index contributed by atoms with van der Waals surface area (Å²) in [6, 6.07) is 0. The van der Waals surface area contributed by atoms with Gasteiger partial charge in [0.15, 0.2) is 5.78 Å². The van der Waals surface area contributed by atoms with Gasteiger partial charge in [-0.15, -0.1) is 0 Å². The Bertz CT molecular complexity index is 330. The van der Waals surface area contributed by atoms with E-state index in [0.29, 0.717) is 5.70 Å². The van der Waals surface area contributed by atoms with Crippen LogP contribution in [0.15, 0.2) is 22.9 Å². The standard InChI is InChI=1S/C13H21NO/c1-9-6-5-7-13(3,4)12(9)11(15)8-10(2)14/h8H,5-7,14H2,1-4H3. The molecule has 0 aliphatic heterocycles. The van der Waals surface area contributed by atoms with Gasteiger partial charge < -0.3 is 5.73 Å². The lowest BCUT2D eigenvalue weighted by atomic mass is 9.71. The summed E-state index contributed by atoms with van der Waals surface area (Å²) in [5.41, 5.74) is 8.34. The lowest BCUT2D eigenvalue weighted by Crippen LogP contribution is -2.25. The topological polar surface area (TPSA) is 43.1 Å². The lowest BCUT2D eigenvalue weighted by Gasteiger charge is -2.33. The first-order valence-electron chi connectivity index (χ1n) is 5.53. The van der Waals surface area contributed by atoms with Crippen molar-refractivity contribution >= 4 is 5.78 Å². The fourth-order valence-electron chi connectivity index (χ4n) is 2.45. The highest BCUT2D eigenvalue weighted by Gasteiger charge is 2.31. The van der Waals surface area contributed by atoms with Crippen LogP contribution in [-0.4, -0.2) is 5.78 Å². The highest BCUT2D eigenvalue weighted by atomic mass is 16.1. The third-order valence-corrected chi connectivity index (χ3v) is 3.06. The first-order chi connectivity index (χ1) is 6.84. The van der Waals surface area contributed by atoms with Crippen LogP contribution in [0.3, 0.4) is 0 Å². The van der Waals surface area contributed by atoms with E-state index in [1.54, 1.807) is 13.0 Å². The molecule has 0 aromatic rings. The van der Waals surface area contributed by atoms with Crippen molar-refractivity contribution in [2.45, 2.75) is 47.0 Å². The second-order valence-electron chi connectivity index (χ2n) is 5.15. The number of carbonyl (C=O) groups is 1. The molecule has 1 aliphatic carbocycles. The first kappa shape index (κ1) is 12.0. The third kappa shape index (κ3) is 2.71. The summed E-state index contributed by atoms with van der Waals surface area (Å²) in [5, 5.41) is 0. The molecule has 1 aliphatic rings. The quantitative estimate of drug-likeness (QED) is 0.707. The van der Waals surface area contributed by atoms with Gasteiger partial charge in [-0.1, -0.05) is 19.4 Å². The van der Waals surface area contributed by atoms with E-state index in [4.69, 9.17) is 5.73 Å². The summed E-state index contributed by atoms with van der Waals surface area (Å²) in [4.78, 5) is 12.0. The number of hydrogen-bond donors (Lipinski definition) is 1. The maximum Gasteiger partial charge on any atom is 0.184 e. The van der Waals surface area contributed by atoms with E-state index in [2.05, 4.69) is 20.8 Å². The number of ketones is 1. The molecule has 0 amide bonds. The number of nitrogens with two attached hydrogens (primary N) is 1. The molecule has 0 heterocycles. The van der Waals surface area contributed by atoms with Gasteiger partial charge in [-0.25, -0.2) is 0 Å². The maximum atomic E-state index is 12.0. The van der Waals surface area contributed by atoms with Crippen molar-refractivity contribution in [2.24, 2.45) is 11.1 Å². The minimum absolute atomic E-state index is 0.00532. The Morgan fingerprint density at radius 1 is 1.47 bits per heavy atom. The van der Waals surface area contributed by atoms with Crippen molar-refractivity contribution in [3.8, 4) is 0 Å². The average molecular weight is 207 g/mol. The van der Waals surface area contributed by atoms with Crippen molar-refractivity contribution in [3.63, 3.8) is 0 Å². The van der Waals surface area contributed by atoms with Crippen molar-refractivity contribution < 1.29 is 4.79 Å². The van der Waals surface area contributed by atoms with Crippen molar-refractivity contribution in [3.05, 3.63) is 22.9 Å².